The van der Waals surface area contributed by atoms with Crippen molar-refractivity contribution in [3.8, 4) is 0 Å². The molecule has 0 aliphatic carbocycles. The Hall–Kier alpha value is -0.100. The summed E-state index contributed by atoms with van der Waals surface area (Å²) in [6.45, 7) is 3.01. The van der Waals surface area contributed by atoms with Gasteiger partial charge in [-0.2, -0.15) is 0 Å². The molecule has 0 rings (SSSR count). The van der Waals surface area contributed by atoms with E-state index in [1.807, 2.05) is 0 Å². The van der Waals surface area contributed by atoms with E-state index in [4.69, 9.17) is 15.9 Å². The van der Waals surface area contributed by atoms with Crippen LogP contribution in [0, 0.1) is 5.92 Å². The first-order valence-corrected chi connectivity index (χ1v) is 4.08. The molecule has 0 atom stereocenters. The Morgan fingerprint density at radius 2 is 2.09 bits per heavy atom. The second-order valence-corrected chi connectivity index (χ2v) is 3.78. The summed E-state index contributed by atoms with van der Waals surface area (Å²) in [4.78, 5) is 10.9. The Balaban J connectivity index is 3.94. The summed E-state index contributed by atoms with van der Waals surface area (Å²) in [5.74, 6) is -0.217. The minimum atomic E-state index is -2.11. The van der Waals surface area contributed by atoms with E-state index in [2.05, 4.69) is 0 Å². The number of aliphatic hydroxyl groups is 2. The second-order valence-electron chi connectivity index (χ2n) is 2.52. The van der Waals surface area contributed by atoms with Gasteiger partial charge < -0.3 is 15.9 Å². The van der Waals surface area contributed by atoms with Crippen molar-refractivity contribution in [3.63, 3.8) is 0 Å². The van der Waals surface area contributed by atoms with Gasteiger partial charge in [0.25, 0.3) is 0 Å². The largest absolute Gasteiger partial charge is 0.356 e. The maximum atomic E-state index is 10.9. The second kappa shape index (κ2) is 4.06. The number of thioether (sulfide) groups is 1. The molecule has 66 valence electrons. The van der Waals surface area contributed by atoms with Gasteiger partial charge in [0.1, 0.15) is 0 Å². The minimum Gasteiger partial charge on any atom is -0.356 e. The summed E-state index contributed by atoms with van der Waals surface area (Å²) in [5, 5.41) is 15.4. The van der Waals surface area contributed by atoms with Crippen molar-refractivity contribution in [1.82, 2.24) is 0 Å². The molecular weight excluding hydrogens is 166 g/mol. The van der Waals surface area contributed by atoms with E-state index in [1.165, 1.54) is 0 Å². The van der Waals surface area contributed by atoms with Crippen molar-refractivity contribution < 1.29 is 15.0 Å². The highest BCUT2D eigenvalue weighted by Gasteiger charge is 2.27. The third-order valence-electron chi connectivity index (χ3n) is 1.00. The number of nitrogens with two attached hydrogens (primary N) is 1. The van der Waals surface area contributed by atoms with Crippen molar-refractivity contribution in [2.24, 2.45) is 11.7 Å². The average molecular weight is 179 g/mol. The molecule has 0 aliphatic rings. The van der Waals surface area contributed by atoms with Crippen LogP contribution in [-0.2, 0) is 4.79 Å². The van der Waals surface area contributed by atoms with Gasteiger partial charge in [0.2, 0.25) is 5.12 Å². The van der Waals surface area contributed by atoms with Crippen LogP contribution in [0.5, 0.6) is 0 Å². The minimum absolute atomic E-state index is 0.217. The summed E-state index contributed by atoms with van der Waals surface area (Å²) < 4.78 is 0. The molecule has 0 aromatic rings. The van der Waals surface area contributed by atoms with Crippen LogP contribution in [0.4, 0.5) is 0 Å². The van der Waals surface area contributed by atoms with Crippen molar-refractivity contribution in [1.29, 1.82) is 0 Å². The van der Waals surface area contributed by atoms with Crippen molar-refractivity contribution in [2.75, 3.05) is 6.54 Å². The van der Waals surface area contributed by atoms with E-state index >= 15 is 0 Å². The van der Waals surface area contributed by atoms with E-state index < -0.39 is 5.12 Å². The molecule has 4 N–H and O–H groups in total. The molecule has 0 spiro atoms. The van der Waals surface area contributed by atoms with Crippen molar-refractivity contribution in [2.45, 2.75) is 19.0 Å². The predicted octanol–water partition coefficient (Wildman–Crippen LogP) is -0.501. The zero-order valence-corrected chi connectivity index (χ0v) is 7.39. The number of hydrogen-bond donors (Lipinski definition) is 3. The third-order valence-corrected chi connectivity index (χ3v) is 2.17. The van der Waals surface area contributed by atoms with Crippen LogP contribution < -0.4 is 5.73 Å². The zero-order chi connectivity index (χ0) is 9.07. The van der Waals surface area contributed by atoms with Crippen LogP contribution in [0.15, 0.2) is 0 Å². The maximum Gasteiger partial charge on any atom is 0.233 e. The number of hydrogen-bond acceptors (Lipinski definition) is 5. The monoisotopic (exact) mass is 179 g/mol. The summed E-state index contributed by atoms with van der Waals surface area (Å²) in [5.41, 5.74) is 4.98. The number of carbonyl (C=O) groups excluding carboxylic acids is 1. The number of rotatable bonds is 3. The molecule has 11 heavy (non-hydrogen) atoms. The Labute approximate surface area is 69.8 Å². The summed E-state index contributed by atoms with van der Waals surface area (Å²) in [6, 6.07) is 0. The van der Waals surface area contributed by atoms with E-state index in [-0.39, 0.29) is 17.6 Å². The SMILES string of the molecule is CC(C)C(=O)SC(O)(O)CN. The standard InChI is InChI=1S/C6H13NO3S/c1-4(2)5(8)11-6(9,10)3-7/h4,9-10H,3,7H2,1-2H3. The molecule has 0 aromatic heterocycles. The van der Waals surface area contributed by atoms with Crippen LogP contribution in [0.2, 0.25) is 0 Å². The van der Waals surface area contributed by atoms with Gasteiger partial charge in [-0.3, -0.25) is 4.79 Å². The molecule has 0 amide bonds. The summed E-state index contributed by atoms with van der Waals surface area (Å²) >= 11 is 0.457. The highest BCUT2D eigenvalue weighted by atomic mass is 32.2. The quantitative estimate of drug-likeness (QED) is 0.509. The average Bonchev–Trinajstić information content (AvgIpc) is 1.87. The number of carbonyl (C=O) groups is 1. The van der Waals surface area contributed by atoms with Crippen LogP contribution in [0.3, 0.4) is 0 Å². The normalized spacial score (nSPS) is 12.2. The fourth-order valence-electron chi connectivity index (χ4n) is 0.321. The third kappa shape index (κ3) is 4.36. The Morgan fingerprint density at radius 3 is 2.36 bits per heavy atom. The maximum absolute atomic E-state index is 10.9. The zero-order valence-electron chi connectivity index (χ0n) is 6.57. The Bertz CT molecular complexity index is 147. The highest BCUT2D eigenvalue weighted by molar-refractivity contribution is 8.14. The van der Waals surface area contributed by atoms with Crippen LogP contribution >= 0.6 is 11.8 Å². The van der Waals surface area contributed by atoms with Crippen molar-refractivity contribution in [3.05, 3.63) is 0 Å². The van der Waals surface area contributed by atoms with Crippen LogP contribution in [0.25, 0.3) is 0 Å². The van der Waals surface area contributed by atoms with Crippen LogP contribution in [0.1, 0.15) is 13.8 Å². The van der Waals surface area contributed by atoms with Gasteiger partial charge in [-0.05, 0) is 11.8 Å². The lowest BCUT2D eigenvalue weighted by atomic mass is 10.3. The smallest absolute Gasteiger partial charge is 0.233 e. The molecule has 0 unspecified atom stereocenters. The van der Waals surface area contributed by atoms with Gasteiger partial charge in [-0.15, -0.1) is 0 Å². The first-order chi connectivity index (χ1) is 4.89. The molecule has 0 heterocycles. The molecule has 0 saturated heterocycles. The van der Waals surface area contributed by atoms with Gasteiger partial charge in [0, 0.05) is 5.92 Å². The van der Waals surface area contributed by atoms with Crippen molar-refractivity contribution >= 4 is 16.9 Å². The van der Waals surface area contributed by atoms with Gasteiger partial charge in [-0.25, -0.2) is 0 Å². The molecule has 0 saturated carbocycles. The molecule has 0 bridgehead atoms. The molecular formula is C6H13NO3S. The topological polar surface area (TPSA) is 83.5 Å². The summed E-state index contributed by atoms with van der Waals surface area (Å²) in [6.07, 6.45) is 0. The van der Waals surface area contributed by atoms with E-state index in [9.17, 15) is 4.79 Å². The van der Waals surface area contributed by atoms with Gasteiger partial charge in [0.05, 0.1) is 6.54 Å². The molecule has 0 radical (unpaired) electrons. The lowest BCUT2D eigenvalue weighted by molar-refractivity contribution is -0.115. The molecule has 5 heteroatoms. The molecule has 0 fully saturated rings. The predicted molar refractivity (Wildman–Crippen MR) is 43.7 cm³/mol. The van der Waals surface area contributed by atoms with E-state index in [1.54, 1.807) is 13.8 Å². The van der Waals surface area contributed by atoms with Gasteiger partial charge >= 0.3 is 0 Å². The molecule has 0 aliphatic heterocycles. The highest BCUT2D eigenvalue weighted by Crippen LogP contribution is 2.21. The Morgan fingerprint density at radius 1 is 1.64 bits per heavy atom. The van der Waals surface area contributed by atoms with Gasteiger partial charge in [-0.1, -0.05) is 13.8 Å². The Kier molecular flexibility index (Phi) is 4.02. The molecule has 4 nitrogen and oxygen atoms in total. The van der Waals surface area contributed by atoms with E-state index in [0.29, 0.717) is 11.8 Å². The van der Waals surface area contributed by atoms with Crippen LogP contribution in [-0.4, -0.2) is 27.0 Å². The fourth-order valence-corrected chi connectivity index (χ4v) is 0.962. The van der Waals surface area contributed by atoms with E-state index in [0.717, 1.165) is 0 Å². The van der Waals surface area contributed by atoms with Gasteiger partial charge in [0.15, 0.2) is 5.12 Å². The summed E-state index contributed by atoms with van der Waals surface area (Å²) in [7, 11) is 0. The first-order valence-electron chi connectivity index (χ1n) is 3.26. The lowest BCUT2D eigenvalue weighted by Crippen LogP contribution is -2.35. The fraction of sp³-hybridized carbons (Fsp3) is 0.833. The molecule has 0 aromatic carbocycles. The lowest BCUT2D eigenvalue weighted by Gasteiger charge is -2.17. The first kappa shape index (κ1) is 10.9.